The molecular weight excluding hydrogens is 412 g/mol. The molecule has 0 spiro atoms. The minimum Gasteiger partial charge on any atom is -0.458 e. The van der Waals surface area contributed by atoms with Crippen molar-refractivity contribution in [2.45, 2.75) is 25.8 Å². The van der Waals surface area contributed by atoms with E-state index < -0.39 is 23.5 Å². The molecular formula is C23H20ClF2NO3. The summed E-state index contributed by atoms with van der Waals surface area (Å²) in [7, 11) is 0. The number of hydrogen-bond donors (Lipinski definition) is 0. The Balaban J connectivity index is 2.06. The summed E-state index contributed by atoms with van der Waals surface area (Å²) in [5.41, 5.74) is 1.36. The van der Waals surface area contributed by atoms with E-state index in [1.165, 1.54) is 17.0 Å². The highest BCUT2D eigenvalue weighted by atomic mass is 35.5. The summed E-state index contributed by atoms with van der Waals surface area (Å²) in [5.74, 6) is -3.41. The van der Waals surface area contributed by atoms with E-state index in [1.807, 2.05) is 6.07 Å². The summed E-state index contributed by atoms with van der Waals surface area (Å²) in [6, 6.07) is 10.1. The van der Waals surface area contributed by atoms with E-state index in [4.69, 9.17) is 16.3 Å². The Kier molecular flexibility index (Phi) is 6.67. The summed E-state index contributed by atoms with van der Waals surface area (Å²) in [5, 5.41) is 0.524. The van der Waals surface area contributed by atoms with Gasteiger partial charge in [0, 0.05) is 29.1 Å². The Labute approximate surface area is 178 Å². The third-order valence-electron chi connectivity index (χ3n) is 4.94. The fraction of sp³-hybridized carbons (Fsp3) is 0.217. The van der Waals surface area contributed by atoms with Gasteiger partial charge in [0.2, 0.25) is 5.91 Å². The van der Waals surface area contributed by atoms with Gasteiger partial charge in [0.25, 0.3) is 0 Å². The van der Waals surface area contributed by atoms with Crippen LogP contribution in [0.25, 0.3) is 0 Å². The maximum Gasteiger partial charge on any atom is 0.336 e. The summed E-state index contributed by atoms with van der Waals surface area (Å²) in [4.78, 5) is 27.2. The molecule has 0 saturated heterocycles. The fourth-order valence-corrected chi connectivity index (χ4v) is 3.76. The van der Waals surface area contributed by atoms with Crippen LogP contribution in [0.5, 0.6) is 0 Å². The lowest BCUT2D eigenvalue weighted by atomic mass is 9.83. The molecule has 2 aromatic carbocycles. The first-order chi connectivity index (χ1) is 14.3. The standard InChI is InChI=1S/C23H20ClF2NO3/c1-3-9-30-23(29)22-14(2)27(13-15-5-4-6-16(24)10-15)21(28)12-19(22)18-8-7-17(25)11-20(18)26/h3-8,10-11,19H,1,9,12-13H2,2H3/t19-/m0/s1. The van der Waals surface area contributed by atoms with Crippen LogP contribution in [0.2, 0.25) is 5.02 Å². The average molecular weight is 432 g/mol. The molecule has 0 bridgehead atoms. The number of carbonyl (C=O) groups is 2. The Morgan fingerprint density at radius 3 is 2.73 bits per heavy atom. The van der Waals surface area contributed by atoms with E-state index >= 15 is 0 Å². The van der Waals surface area contributed by atoms with Crippen molar-refractivity contribution in [2.75, 3.05) is 6.61 Å². The number of nitrogens with zero attached hydrogens (tertiary/aromatic N) is 1. The van der Waals surface area contributed by atoms with E-state index in [1.54, 1.807) is 25.1 Å². The second-order valence-corrected chi connectivity index (χ2v) is 7.36. The number of carbonyl (C=O) groups excluding carboxylic acids is 2. The van der Waals surface area contributed by atoms with Crippen LogP contribution in [-0.2, 0) is 20.9 Å². The van der Waals surface area contributed by atoms with Gasteiger partial charge in [-0.3, -0.25) is 4.79 Å². The lowest BCUT2D eigenvalue weighted by molar-refractivity contribution is -0.139. The SMILES string of the molecule is C=CCOC(=O)C1=C(C)N(Cc2cccc(Cl)c2)C(=O)C[C@H]1c1ccc(F)cc1F. The molecule has 30 heavy (non-hydrogen) atoms. The van der Waals surface area contributed by atoms with Crippen LogP contribution in [0.4, 0.5) is 8.78 Å². The quantitative estimate of drug-likeness (QED) is 0.470. The molecule has 1 atom stereocenters. The van der Waals surface area contributed by atoms with Crippen molar-refractivity contribution < 1.29 is 23.1 Å². The Morgan fingerprint density at radius 2 is 2.07 bits per heavy atom. The molecule has 7 heteroatoms. The maximum absolute atomic E-state index is 14.5. The number of rotatable bonds is 6. The van der Waals surface area contributed by atoms with Crippen LogP contribution in [0.3, 0.4) is 0 Å². The van der Waals surface area contributed by atoms with Gasteiger partial charge >= 0.3 is 5.97 Å². The number of ether oxygens (including phenoxy) is 1. The second kappa shape index (κ2) is 9.22. The number of benzene rings is 2. The van der Waals surface area contributed by atoms with Crippen LogP contribution in [-0.4, -0.2) is 23.4 Å². The van der Waals surface area contributed by atoms with Gasteiger partial charge in [-0.1, -0.05) is 42.5 Å². The summed E-state index contributed by atoms with van der Waals surface area (Å²) >= 11 is 6.03. The van der Waals surface area contributed by atoms with Crippen molar-refractivity contribution in [3.8, 4) is 0 Å². The molecule has 3 rings (SSSR count). The number of amides is 1. The van der Waals surface area contributed by atoms with Crippen LogP contribution in [0.1, 0.15) is 30.4 Å². The predicted molar refractivity (Wildman–Crippen MR) is 110 cm³/mol. The van der Waals surface area contributed by atoms with Gasteiger partial charge in [-0.25, -0.2) is 13.6 Å². The van der Waals surface area contributed by atoms with Gasteiger partial charge in [-0.15, -0.1) is 0 Å². The van der Waals surface area contributed by atoms with E-state index in [0.717, 1.165) is 17.7 Å². The lowest BCUT2D eigenvalue weighted by Crippen LogP contribution is -2.38. The molecule has 4 nitrogen and oxygen atoms in total. The minimum absolute atomic E-state index is 0.0313. The second-order valence-electron chi connectivity index (χ2n) is 6.92. The van der Waals surface area contributed by atoms with Crippen molar-refractivity contribution in [3.63, 3.8) is 0 Å². The smallest absolute Gasteiger partial charge is 0.336 e. The van der Waals surface area contributed by atoms with E-state index in [2.05, 4.69) is 6.58 Å². The fourth-order valence-electron chi connectivity index (χ4n) is 3.55. The highest BCUT2D eigenvalue weighted by molar-refractivity contribution is 6.30. The monoisotopic (exact) mass is 431 g/mol. The largest absolute Gasteiger partial charge is 0.458 e. The normalized spacial score (nSPS) is 16.6. The molecule has 1 aliphatic heterocycles. The van der Waals surface area contributed by atoms with Crippen LogP contribution >= 0.6 is 11.6 Å². The van der Waals surface area contributed by atoms with Gasteiger partial charge in [0.15, 0.2) is 0 Å². The molecule has 0 fully saturated rings. The van der Waals surface area contributed by atoms with Gasteiger partial charge in [0.1, 0.15) is 18.2 Å². The first kappa shape index (κ1) is 21.7. The van der Waals surface area contributed by atoms with Gasteiger partial charge in [-0.05, 0) is 36.2 Å². The lowest BCUT2D eigenvalue weighted by Gasteiger charge is -2.34. The van der Waals surface area contributed by atoms with Gasteiger partial charge < -0.3 is 9.64 Å². The van der Waals surface area contributed by atoms with Crippen molar-refractivity contribution >= 4 is 23.5 Å². The minimum atomic E-state index is -0.883. The Morgan fingerprint density at radius 1 is 1.30 bits per heavy atom. The van der Waals surface area contributed by atoms with Crippen LogP contribution in [0, 0.1) is 11.6 Å². The molecule has 1 amide bonds. The molecule has 0 unspecified atom stereocenters. The van der Waals surface area contributed by atoms with Crippen LogP contribution < -0.4 is 0 Å². The Bertz CT molecular complexity index is 1030. The third kappa shape index (κ3) is 4.60. The number of allylic oxidation sites excluding steroid dienone is 1. The van der Waals surface area contributed by atoms with Gasteiger partial charge in [-0.2, -0.15) is 0 Å². The molecule has 156 valence electrons. The maximum atomic E-state index is 14.5. The first-order valence-corrected chi connectivity index (χ1v) is 9.68. The molecule has 0 radical (unpaired) electrons. The van der Waals surface area contributed by atoms with E-state index in [0.29, 0.717) is 10.7 Å². The van der Waals surface area contributed by atoms with Crippen molar-refractivity contribution in [1.29, 1.82) is 0 Å². The first-order valence-electron chi connectivity index (χ1n) is 9.30. The molecule has 0 aliphatic carbocycles. The Hall–Kier alpha value is -2.99. The molecule has 1 aliphatic rings. The summed E-state index contributed by atoms with van der Waals surface area (Å²) in [6.07, 6.45) is 1.26. The highest BCUT2D eigenvalue weighted by Crippen LogP contribution is 2.39. The third-order valence-corrected chi connectivity index (χ3v) is 5.18. The zero-order chi connectivity index (χ0) is 21.8. The van der Waals surface area contributed by atoms with Crippen LogP contribution in [0.15, 0.2) is 66.4 Å². The molecule has 1 heterocycles. The summed E-state index contributed by atoms with van der Waals surface area (Å²) in [6.45, 7) is 5.29. The van der Waals surface area contributed by atoms with Crippen molar-refractivity contribution in [1.82, 2.24) is 4.90 Å². The van der Waals surface area contributed by atoms with Crippen molar-refractivity contribution in [2.24, 2.45) is 0 Å². The van der Waals surface area contributed by atoms with E-state index in [9.17, 15) is 18.4 Å². The number of hydrogen-bond acceptors (Lipinski definition) is 3. The summed E-state index contributed by atoms with van der Waals surface area (Å²) < 4.78 is 33.1. The molecule has 2 aromatic rings. The van der Waals surface area contributed by atoms with Crippen molar-refractivity contribution in [3.05, 3.63) is 94.2 Å². The molecule has 0 N–H and O–H groups in total. The number of halogens is 3. The molecule has 0 aromatic heterocycles. The average Bonchev–Trinajstić information content (AvgIpc) is 2.69. The predicted octanol–water partition coefficient (Wildman–Crippen LogP) is 5.14. The number of esters is 1. The highest BCUT2D eigenvalue weighted by Gasteiger charge is 2.38. The zero-order valence-electron chi connectivity index (χ0n) is 16.3. The zero-order valence-corrected chi connectivity index (χ0v) is 17.1. The van der Waals surface area contributed by atoms with Gasteiger partial charge in [0.05, 0.1) is 12.1 Å². The topological polar surface area (TPSA) is 46.6 Å². The van der Waals surface area contributed by atoms with E-state index in [-0.39, 0.29) is 36.6 Å². The molecule has 0 saturated carbocycles.